The Morgan fingerprint density at radius 2 is 1.81 bits per heavy atom. The van der Waals surface area contributed by atoms with Crippen molar-refractivity contribution in [1.82, 2.24) is 4.98 Å². The first-order valence-corrected chi connectivity index (χ1v) is 11.1. The lowest BCUT2D eigenvalue weighted by molar-refractivity contribution is 0.0988. The van der Waals surface area contributed by atoms with E-state index in [9.17, 15) is 4.79 Å². The van der Waals surface area contributed by atoms with Crippen molar-refractivity contribution in [2.24, 2.45) is 5.10 Å². The zero-order chi connectivity index (χ0) is 22.5. The van der Waals surface area contributed by atoms with Gasteiger partial charge in [-0.25, -0.2) is 4.98 Å². The Bertz CT molecular complexity index is 1250. The van der Waals surface area contributed by atoms with Crippen LogP contribution in [0.15, 0.2) is 71.8 Å². The molecule has 8 heteroatoms. The van der Waals surface area contributed by atoms with Gasteiger partial charge in [0.15, 0.2) is 0 Å². The van der Waals surface area contributed by atoms with Crippen LogP contribution in [0.5, 0.6) is 11.5 Å². The van der Waals surface area contributed by atoms with Gasteiger partial charge >= 0.3 is 0 Å². The zero-order valence-corrected chi connectivity index (χ0v) is 19.1. The highest BCUT2D eigenvalue weighted by atomic mass is 35.5. The summed E-state index contributed by atoms with van der Waals surface area (Å²) in [6.45, 7) is 2.53. The van der Waals surface area contributed by atoms with E-state index in [1.807, 2.05) is 49.4 Å². The van der Waals surface area contributed by atoms with Crippen LogP contribution in [-0.4, -0.2) is 30.8 Å². The van der Waals surface area contributed by atoms with Crippen molar-refractivity contribution in [3.63, 3.8) is 0 Å². The Morgan fingerprint density at radius 1 is 1.09 bits per heavy atom. The number of rotatable bonds is 7. The van der Waals surface area contributed by atoms with Crippen LogP contribution >= 0.6 is 22.9 Å². The number of hydrazone groups is 1. The van der Waals surface area contributed by atoms with Gasteiger partial charge in [0, 0.05) is 10.6 Å². The Morgan fingerprint density at radius 3 is 2.50 bits per heavy atom. The van der Waals surface area contributed by atoms with Crippen LogP contribution in [0.3, 0.4) is 0 Å². The molecule has 6 nitrogen and oxygen atoms in total. The molecular weight excluding hydrogens is 446 g/mol. The number of hydrogen-bond acceptors (Lipinski definition) is 6. The van der Waals surface area contributed by atoms with Crippen molar-refractivity contribution in [3.05, 3.63) is 82.9 Å². The van der Waals surface area contributed by atoms with Crippen LogP contribution in [0.1, 0.15) is 22.8 Å². The number of fused-ring (bicyclic) bond motifs is 1. The van der Waals surface area contributed by atoms with Crippen molar-refractivity contribution in [3.8, 4) is 11.5 Å². The van der Waals surface area contributed by atoms with Crippen molar-refractivity contribution in [1.29, 1.82) is 0 Å². The molecule has 0 saturated carbocycles. The molecule has 0 atom stereocenters. The normalized spacial score (nSPS) is 11.1. The maximum Gasteiger partial charge on any atom is 0.280 e. The van der Waals surface area contributed by atoms with Gasteiger partial charge in [-0.2, -0.15) is 10.1 Å². The van der Waals surface area contributed by atoms with Crippen LogP contribution in [0.2, 0.25) is 5.02 Å². The molecule has 0 spiro atoms. The molecule has 1 amide bonds. The van der Waals surface area contributed by atoms with Crippen LogP contribution < -0.4 is 14.5 Å². The third-order valence-electron chi connectivity index (χ3n) is 4.56. The lowest BCUT2D eigenvalue weighted by atomic mass is 10.2. The average Bonchev–Trinajstić information content (AvgIpc) is 3.23. The largest absolute Gasteiger partial charge is 0.497 e. The quantitative estimate of drug-likeness (QED) is 0.246. The monoisotopic (exact) mass is 465 g/mol. The molecule has 162 valence electrons. The van der Waals surface area contributed by atoms with Crippen LogP contribution in [-0.2, 0) is 0 Å². The van der Waals surface area contributed by atoms with Crippen molar-refractivity contribution >= 4 is 50.4 Å². The number of thiazole rings is 1. The van der Waals surface area contributed by atoms with Crippen LogP contribution in [0.25, 0.3) is 10.2 Å². The zero-order valence-electron chi connectivity index (χ0n) is 17.5. The molecule has 1 heterocycles. The minimum atomic E-state index is -0.310. The van der Waals surface area contributed by atoms with E-state index < -0.39 is 0 Å². The van der Waals surface area contributed by atoms with Gasteiger partial charge in [-0.3, -0.25) is 4.79 Å². The lowest BCUT2D eigenvalue weighted by Crippen LogP contribution is -2.25. The van der Waals surface area contributed by atoms with Gasteiger partial charge in [-0.05, 0) is 79.2 Å². The fourth-order valence-electron chi connectivity index (χ4n) is 2.95. The summed E-state index contributed by atoms with van der Waals surface area (Å²) in [5.41, 5.74) is 2.04. The van der Waals surface area contributed by atoms with Gasteiger partial charge in [-0.1, -0.05) is 22.9 Å². The van der Waals surface area contributed by atoms with Gasteiger partial charge in [0.1, 0.15) is 11.5 Å². The standard InChI is InChI=1S/C24H20ClN3O3S/c1-3-31-19-10-4-16(5-11-19)15-26-28(23(29)17-6-8-18(25)9-7-17)24-27-21-13-12-20(30-2)14-22(21)32-24/h4-15H,3H2,1-2H3/b26-15+. The number of carbonyl (C=O) groups is 1. The SMILES string of the molecule is CCOc1ccc(/C=N/N(C(=O)c2ccc(Cl)cc2)c2nc3ccc(OC)cc3s2)cc1. The summed E-state index contributed by atoms with van der Waals surface area (Å²) in [4.78, 5) is 17.9. The van der Waals surface area contributed by atoms with Gasteiger partial charge in [0.2, 0.25) is 5.13 Å². The smallest absolute Gasteiger partial charge is 0.280 e. The van der Waals surface area contributed by atoms with Crippen molar-refractivity contribution in [2.45, 2.75) is 6.92 Å². The van der Waals surface area contributed by atoms with E-state index in [1.54, 1.807) is 37.6 Å². The molecule has 0 aliphatic carbocycles. The summed E-state index contributed by atoms with van der Waals surface area (Å²) < 4.78 is 11.7. The highest BCUT2D eigenvalue weighted by Crippen LogP contribution is 2.32. The molecule has 0 bridgehead atoms. The van der Waals surface area contributed by atoms with Gasteiger partial charge in [0.25, 0.3) is 5.91 Å². The first kappa shape index (κ1) is 21.8. The summed E-state index contributed by atoms with van der Waals surface area (Å²) in [5, 5.41) is 6.79. The number of ether oxygens (including phenoxy) is 2. The lowest BCUT2D eigenvalue weighted by Gasteiger charge is -2.14. The molecule has 1 aromatic heterocycles. The third-order valence-corrected chi connectivity index (χ3v) is 5.81. The topological polar surface area (TPSA) is 64.0 Å². The number of aromatic nitrogens is 1. The summed E-state index contributed by atoms with van der Waals surface area (Å²) in [6.07, 6.45) is 1.62. The third kappa shape index (κ3) is 4.90. The van der Waals surface area contributed by atoms with Crippen molar-refractivity contribution in [2.75, 3.05) is 18.7 Å². The number of anilines is 1. The summed E-state index contributed by atoms with van der Waals surface area (Å²) in [5.74, 6) is 1.19. The molecule has 4 rings (SSSR count). The first-order valence-electron chi connectivity index (χ1n) is 9.89. The summed E-state index contributed by atoms with van der Waals surface area (Å²) in [6, 6.07) is 19.7. The highest BCUT2D eigenvalue weighted by molar-refractivity contribution is 7.22. The van der Waals surface area contributed by atoms with E-state index in [1.165, 1.54) is 16.3 Å². The molecule has 0 aliphatic heterocycles. The number of hydrogen-bond donors (Lipinski definition) is 0. The maximum atomic E-state index is 13.3. The molecule has 0 aliphatic rings. The highest BCUT2D eigenvalue weighted by Gasteiger charge is 2.21. The molecule has 0 unspecified atom stereocenters. The molecule has 3 aromatic carbocycles. The molecule has 4 aromatic rings. The summed E-state index contributed by atoms with van der Waals surface area (Å²) >= 11 is 7.34. The molecule has 0 radical (unpaired) electrons. The molecule has 0 fully saturated rings. The Balaban J connectivity index is 1.70. The Hall–Kier alpha value is -3.42. The van der Waals surface area contributed by atoms with Gasteiger partial charge in [0.05, 0.1) is 30.1 Å². The van der Waals surface area contributed by atoms with E-state index in [4.69, 9.17) is 21.1 Å². The predicted octanol–water partition coefficient (Wildman–Crippen LogP) is 6.04. The van der Waals surface area contributed by atoms with Crippen molar-refractivity contribution < 1.29 is 14.3 Å². The Kier molecular flexibility index (Phi) is 6.68. The van der Waals surface area contributed by atoms with E-state index in [0.29, 0.717) is 22.3 Å². The van der Waals surface area contributed by atoms with E-state index in [-0.39, 0.29) is 5.91 Å². The van der Waals surface area contributed by atoms with Crippen LogP contribution in [0, 0.1) is 0 Å². The first-order chi connectivity index (χ1) is 15.6. The minimum absolute atomic E-state index is 0.310. The molecule has 32 heavy (non-hydrogen) atoms. The molecule has 0 saturated heterocycles. The summed E-state index contributed by atoms with van der Waals surface area (Å²) in [7, 11) is 1.61. The van der Waals surface area contributed by atoms with E-state index >= 15 is 0 Å². The Labute approximate surface area is 194 Å². The second kappa shape index (κ2) is 9.80. The van der Waals surface area contributed by atoms with E-state index in [0.717, 1.165) is 27.3 Å². The minimum Gasteiger partial charge on any atom is -0.497 e. The fraction of sp³-hybridized carbons (Fsp3) is 0.125. The molecular formula is C24H20ClN3O3S. The fourth-order valence-corrected chi connectivity index (χ4v) is 4.03. The van der Waals surface area contributed by atoms with Crippen LogP contribution in [0.4, 0.5) is 5.13 Å². The van der Waals surface area contributed by atoms with Gasteiger partial charge in [-0.15, -0.1) is 0 Å². The number of methoxy groups -OCH3 is 1. The van der Waals surface area contributed by atoms with Gasteiger partial charge < -0.3 is 9.47 Å². The number of nitrogens with zero attached hydrogens (tertiary/aromatic N) is 3. The molecule has 0 N–H and O–H groups in total. The second-order valence-electron chi connectivity index (χ2n) is 6.70. The average molecular weight is 466 g/mol. The number of carbonyl (C=O) groups excluding carboxylic acids is 1. The van der Waals surface area contributed by atoms with E-state index in [2.05, 4.69) is 10.1 Å². The number of amides is 1. The maximum absolute atomic E-state index is 13.3. The number of benzene rings is 3. The second-order valence-corrected chi connectivity index (χ2v) is 8.15. The predicted molar refractivity (Wildman–Crippen MR) is 130 cm³/mol. The number of halogens is 1.